The van der Waals surface area contributed by atoms with Crippen molar-refractivity contribution in [3.63, 3.8) is 0 Å². The quantitative estimate of drug-likeness (QED) is 0.718. The fraction of sp³-hybridized carbons (Fsp3) is 0.167. The first kappa shape index (κ1) is 17.1. The van der Waals surface area contributed by atoms with Gasteiger partial charge in [-0.25, -0.2) is 4.98 Å². The summed E-state index contributed by atoms with van der Waals surface area (Å²) in [4.78, 5) is 18.5. The van der Waals surface area contributed by atoms with E-state index >= 15 is 0 Å². The summed E-state index contributed by atoms with van der Waals surface area (Å²) in [6, 6.07) is 12.7. The molecule has 0 saturated carbocycles. The smallest absolute Gasteiger partial charge is 0.258 e. The number of aromatic nitrogens is 1. The summed E-state index contributed by atoms with van der Waals surface area (Å²) in [7, 11) is 0. The average molecular weight is 369 g/mol. The molecule has 0 bridgehead atoms. The lowest BCUT2D eigenvalue weighted by molar-refractivity contribution is -0.123. The van der Waals surface area contributed by atoms with Gasteiger partial charge < -0.3 is 10.1 Å². The summed E-state index contributed by atoms with van der Waals surface area (Å²) >= 11 is 3.24. The third-order valence-electron chi connectivity index (χ3n) is 3.35. The largest absolute Gasteiger partial charge is 0.484 e. The van der Waals surface area contributed by atoms with E-state index in [4.69, 9.17) is 10.00 Å². The maximum Gasteiger partial charge on any atom is 0.258 e. The van der Waals surface area contributed by atoms with E-state index in [2.05, 4.69) is 10.3 Å². The first-order chi connectivity index (χ1) is 12.1. The maximum absolute atomic E-state index is 11.9. The van der Waals surface area contributed by atoms with E-state index < -0.39 is 0 Å². The third-order valence-corrected chi connectivity index (χ3v) is 5.23. The Balaban J connectivity index is 1.47. The van der Waals surface area contributed by atoms with Crippen LogP contribution >= 0.6 is 22.7 Å². The molecule has 126 valence electrons. The second kappa shape index (κ2) is 7.92. The molecule has 0 radical (unpaired) electrons. The number of nitriles is 1. The van der Waals surface area contributed by atoms with Crippen molar-refractivity contribution >= 4 is 28.6 Å². The van der Waals surface area contributed by atoms with Crippen molar-refractivity contribution in [3.8, 4) is 22.4 Å². The highest BCUT2D eigenvalue weighted by atomic mass is 32.1. The number of hydrogen-bond acceptors (Lipinski definition) is 6. The minimum Gasteiger partial charge on any atom is -0.484 e. The maximum atomic E-state index is 11.9. The van der Waals surface area contributed by atoms with E-state index in [1.807, 2.05) is 30.5 Å². The molecule has 25 heavy (non-hydrogen) atoms. The molecule has 0 aliphatic heterocycles. The van der Waals surface area contributed by atoms with Gasteiger partial charge in [0.25, 0.3) is 5.91 Å². The van der Waals surface area contributed by atoms with Gasteiger partial charge in [0.05, 0.1) is 33.8 Å². The molecule has 0 unspecified atom stereocenters. The highest BCUT2D eigenvalue weighted by Crippen LogP contribution is 2.28. The molecule has 0 fully saturated rings. The fourth-order valence-corrected chi connectivity index (χ4v) is 3.69. The molecule has 0 aliphatic rings. The lowest BCUT2D eigenvalue weighted by atomic mass is 10.2. The van der Waals surface area contributed by atoms with Crippen LogP contribution in [0.1, 0.15) is 15.4 Å². The molecule has 1 aromatic carbocycles. The highest BCUT2D eigenvalue weighted by Gasteiger charge is 2.08. The number of carbonyl (C=O) groups is 1. The van der Waals surface area contributed by atoms with Gasteiger partial charge in [0.1, 0.15) is 5.75 Å². The normalized spacial score (nSPS) is 10.2. The number of amides is 1. The lowest BCUT2D eigenvalue weighted by Crippen LogP contribution is -2.28. The number of thiazole rings is 1. The molecule has 0 atom stereocenters. The van der Waals surface area contributed by atoms with Crippen LogP contribution in [0.25, 0.3) is 10.6 Å². The minimum atomic E-state index is -0.191. The molecule has 2 aromatic heterocycles. The van der Waals surface area contributed by atoms with Crippen LogP contribution in [0.4, 0.5) is 0 Å². The molecular formula is C18H15N3O2S2. The van der Waals surface area contributed by atoms with Gasteiger partial charge in [-0.3, -0.25) is 4.79 Å². The van der Waals surface area contributed by atoms with Gasteiger partial charge in [0, 0.05) is 10.3 Å². The van der Waals surface area contributed by atoms with Crippen LogP contribution < -0.4 is 10.1 Å². The van der Waals surface area contributed by atoms with E-state index in [0.717, 1.165) is 20.5 Å². The van der Waals surface area contributed by atoms with E-state index in [-0.39, 0.29) is 12.5 Å². The Labute approximate surface area is 153 Å². The highest BCUT2D eigenvalue weighted by molar-refractivity contribution is 7.16. The Hall–Kier alpha value is -2.69. The Bertz CT molecular complexity index is 907. The Morgan fingerprint density at radius 1 is 1.28 bits per heavy atom. The number of nitrogens with zero attached hydrogens (tertiary/aromatic N) is 2. The van der Waals surface area contributed by atoms with Gasteiger partial charge in [0.15, 0.2) is 6.61 Å². The SMILES string of the molecule is Cc1nc(-c2ccc(CNC(=O)COc3ccc(C#N)cc3)s2)cs1. The fourth-order valence-electron chi connectivity index (χ4n) is 2.10. The number of aryl methyl sites for hydroxylation is 1. The van der Waals surface area contributed by atoms with Gasteiger partial charge in [-0.1, -0.05) is 0 Å². The van der Waals surface area contributed by atoms with Crippen LogP contribution in [0, 0.1) is 18.3 Å². The molecule has 1 amide bonds. The molecule has 2 heterocycles. The summed E-state index contributed by atoms with van der Waals surface area (Å²) < 4.78 is 5.41. The van der Waals surface area contributed by atoms with Crippen LogP contribution in [0.15, 0.2) is 41.8 Å². The molecule has 3 rings (SSSR count). The number of carbonyl (C=O) groups excluding carboxylic acids is 1. The molecule has 3 aromatic rings. The number of thiophene rings is 1. The van der Waals surface area contributed by atoms with Crippen LogP contribution in [-0.4, -0.2) is 17.5 Å². The Kier molecular flexibility index (Phi) is 5.43. The van der Waals surface area contributed by atoms with Gasteiger partial charge in [-0.2, -0.15) is 5.26 Å². The van der Waals surface area contributed by atoms with Crippen LogP contribution in [-0.2, 0) is 11.3 Å². The first-order valence-corrected chi connectivity index (χ1v) is 9.24. The van der Waals surface area contributed by atoms with Crippen LogP contribution in [0.3, 0.4) is 0 Å². The zero-order valence-electron chi connectivity index (χ0n) is 13.5. The number of ether oxygens (including phenoxy) is 1. The minimum absolute atomic E-state index is 0.0601. The number of benzene rings is 1. The molecule has 1 N–H and O–H groups in total. The second-order valence-corrected chi connectivity index (χ2v) is 7.45. The van der Waals surface area contributed by atoms with E-state index in [1.165, 1.54) is 0 Å². The van der Waals surface area contributed by atoms with Crippen LogP contribution in [0.5, 0.6) is 5.75 Å². The third kappa shape index (κ3) is 4.66. The summed E-state index contributed by atoms with van der Waals surface area (Å²) in [5.41, 5.74) is 1.54. The van der Waals surface area contributed by atoms with Crippen molar-refractivity contribution < 1.29 is 9.53 Å². The number of nitrogens with one attached hydrogen (secondary N) is 1. The first-order valence-electron chi connectivity index (χ1n) is 7.55. The Morgan fingerprint density at radius 3 is 2.76 bits per heavy atom. The van der Waals surface area contributed by atoms with Gasteiger partial charge in [-0.05, 0) is 43.3 Å². The van der Waals surface area contributed by atoms with Crippen molar-refractivity contribution in [1.82, 2.24) is 10.3 Å². The van der Waals surface area contributed by atoms with Crippen molar-refractivity contribution in [1.29, 1.82) is 5.26 Å². The molecule has 0 saturated heterocycles. The molecule has 0 spiro atoms. The number of rotatable bonds is 6. The molecule has 0 aliphatic carbocycles. The monoisotopic (exact) mass is 369 g/mol. The predicted molar refractivity (Wildman–Crippen MR) is 98.7 cm³/mol. The van der Waals surface area contributed by atoms with Crippen molar-refractivity contribution in [3.05, 3.63) is 57.2 Å². The standard InChI is InChI=1S/C18H15N3O2S2/c1-12-21-16(11-24-12)17-7-6-15(25-17)9-20-18(22)10-23-14-4-2-13(8-19)3-5-14/h2-7,11H,9-10H2,1H3,(H,20,22). The van der Waals surface area contributed by atoms with Gasteiger partial charge >= 0.3 is 0 Å². The summed E-state index contributed by atoms with van der Waals surface area (Å²) in [5, 5.41) is 14.7. The lowest BCUT2D eigenvalue weighted by Gasteiger charge is -2.06. The molecule has 7 heteroatoms. The van der Waals surface area contributed by atoms with Gasteiger partial charge in [0.2, 0.25) is 0 Å². The average Bonchev–Trinajstić information content (AvgIpc) is 3.27. The zero-order chi connectivity index (χ0) is 17.6. The number of hydrogen-bond donors (Lipinski definition) is 1. The zero-order valence-corrected chi connectivity index (χ0v) is 15.1. The van der Waals surface area contributed by atoms with Crippen molar-refractivity contribution in [2.24, 2.45) is 0 Å². The summed E-state index contributed by atoms with van der Waals surface area (Å²) in [5.74, 6) is 0.371. The summed E-state index contributed by atoms with van der Waals surface area (Å²) in [6.45, 7) is 2.38. The summed E-state index contributed by atoms with van der Waals surface area (Å²) in [6.07, 6.45) is 0. The van der Waals surface area contributed by atoms with Crippen molar-refractivity contribution in [2.75, 3.05) is 6.61 Å². The molecular weight excluding hydrogens is 354 g/mol. The second-order valence-electron chi connectivity index (χ2n) is 5.22. The topological polar surface area (TPSA) is 75.0 Å². The predicted octanol–water partition coefficient (Wildman–Crippen LogP) is 3.75. The Morgan fingerprint density at radius 2 is 2.08 bits per heavy atom. The van der Waals surface area contributed by atoms with E-state index in [1.54, 1.807) is 46.9 Å². The van der Waals surface area contributed by atoms with E-state index in [9.17, 15) is 4.79 Å². The molecule has 5 nitrogen and oxygen atoms in total. The van der Waals surface area contributed by atoms with E-state index in [0.29, 0.717) is 17.9 Å². The van der Waals surface area contributed by atoms with Crippen molar-refractivity contribution in [2.45, 2.75) is 13.5 Å². The van der Waals surface area contributed by atoms with Gasteiger partial charge in [-0.15, -0.1) is 22.7 Å². The van der Waals surface area contributed by atoms with Crippen LogP contribution in [0.2, 0.25) is 0 Å².